The number of carboxylic acid groups (broad SMARTS) is 1. The van der Waals surface area contributed by atoms with Gasteiger partial charge >= 0.3 is 14.7 Å². The number of benzene rings is 1. The summed E-state index contributed by atoms with van der Waals surface area (Å²) in [7, 11) is -0.639. The molecule has 0 aliphatic carbocycles. The molecule has 1 rings (SSSR count). The standard InChI is InChI=1S/C9H9NO3.C4H11O3P/c1-13-8-4-2-3-7(5-8)6-10-9(11)12;1-4(2,3)7-8(5)6/h2-6H,1H3,(H,11,12);5-6H,1-3H3. The third-order valence-corrected chi connectivity index (χ3v) is 2.48. The fourth-order valence-electron chi connectivity index (χ4n) is 1.10. The van der Waals surface area contributed by atoms with E-state index in [0.29, 0.717) is 11.3 Å². The van der Waals surface area contributed by atoms with Gasteiger partial charge in [-0.25, -0.2) is 4.79 Å². The third kappa shape index (κ3) is 12.0. The van der Waals surface area contributed by atoms with E-state index in [0.717, 1.165) is 0 Å². The molecule has 0 atom stereocenters. The Morgan fingerprint density at radius 2 is 1.95 bits per heavy atom. The van der Waals surface area contributed by atoms with Crippen LogP contribution in [0.1, 0.15) is 26.3 Å². The molecule has 0 heterocycles. The van der Waals surface area contributed by atoms with Crippen molar-refractivity contribution in [3.05, 3.63) is 29.8 Å². The molecule has 0 bridgehead atoms. The van der Waals surface area contributed by atoms with Gasteiger partial charge in [0.15, 0.2) is 0 Å². The van der Waals surface area contributed by atoms with Crippen molar-refractivity contribution in [3.63, 3.8) is 0 Å². The number of aliphatic imine (C=N–C) groups is 1. The highest BCUT2D eigenvalue weighted by Crippen LogP contribution is 2.31. The number of rotatable bonds is 3. The van der Waals surface area contributed by atoms with Crippen molar-refractivity contribution in [2.75, 3.05) is 7.11 Å². The zero-order valence-corrected chi connectivity index (χ0v) is 13.2. The molecule has 0 aliphatic heterocycles. The van der Waals surface area contributed by atoms with Crippen molar-refractivity contribution in [1.82, 2.24) is 0 Å². The summed E-state index contributed by atoms with van der Waals surface area (Å²) in [6.07, 6.45) is 0.0630. The van der Waals surface area contributed by atoms with Gasteiger partial charge in [0.2, 0.25) is 0 Å². The molecular weight excluding hydrogens is 297 g/mol. The summed E-state index contributed by atoms with van der Waals surface area (Å²) >= 11 is 0. The first-order valence-corrected chi connectivity index (χ1v) is 7.08. The van der Waals surface area contributed by atoms with E-state index in [1.165, 1.54) is 6.21 Å². The Bertz CT molecular complexity index is 470. The smallest absolute Gasteiger partial charge is 0.431 e. The molecular formula is C13H20NO6P. The molecule has 1 aromatic rings. The van der Waals surface area contributed by atoms with Crippen LogP contribution < -0.4 is 4.74 Å². The van der Waals surface area contributed by atoms with E-state index >= 15 is 0 Å². The summed E-state index contributed by atoms with van der Waals surface area (Å²) in [5, 5.41) is 8.27. The van der Waals surface area contributed by atoms with Gasteiger partial charge in [0, 0.05) is 6.21 Å². The minimum atomic E-state index is -2.19. The average Bonchev–Trinajstić information content (AvgIpc) is 2.34. The highest BCUT2D eigenvalue weighted by Gasteiger charge is 2.14. The lowest BCUT2D eigenvalue weighted by Gasteiger charge is -2.18. The first-order valence-electron chi connectivity index (χ1n) is 5.92. The Kier molecular flexibility index (Phi) is 8.73. The number of amides is 1. The zero-order valence-electron chi connectivity index (χ0n) is 12.3. The normalized spacial score (nSPS) is 11.2. The number of methoxy groups -OCH3 is 1. The van der Waals surface area contributed by atoms with E-state index in [1.54, 1.807) is 52.1 Å². The van der Waals surface area contributed by atoms with Crippen molar-refractivity contribution in [3.8, 4) is 5.75 Å². The van der Waals surface area contributed by atoms with Gasteiger partial charge in [0.1, 0.15) is 5.75 Å². The van der Waals surface area contributed by atoms with Crippen LogP contribution in [0.25, 0.3) is 0 Å². The van der Waals surface area contributed by atoms with Gasteiger partial charge in [-0.1, -0.05) is 12.1 Å². The molecule has 0 spiro atoms. The van der Waals surface area contributed by atoms with Gasteiger partial charge < -0.3 is 24.2 Å². The maximum atomic E-state index is 10.1. The van der Waals surface area contributed by atoms with Gasteiger partial charge in [-0.3, -0.25) is 0 Å². The van der Waals surface area contributed by atoms with Crippen LogP contribution >= 0.6 is 8.60 Å². The molecule has 0 fully saturated rings. The number of hydrogen-bond acceptors (Lipinski definition) is 5. The fraction of sp³-hybridized carbons (Fsp3) is 0.385. The minimum absolute atomic E-state index is 0.449. The Morgan fingerprint density at radius 3 is 2.33 bits per heavy atom. The summed E-state index contributed by atoms with van der Waals surface area (Å²) in [5.74, 6) is 0.675. The summed E-state index contributed by atoms with van der Waals surface area (Å²) in [4.78, 5) is 29.9. The van der Waals surface area contributed by atoms with Crippen LogP contribution in [0.2, 0.25) is 0 Å². The largest absolute Gasteiger partial charge is 0.497 e. The predicted molar refractivity (Wildman–Crippen MR) is 80.8 cm³/mol. The molecule has 3 N–H and O–H groups in total. The zero-order chi connectivity index (χ0) is 16.5. The molecule has 0 saturated carbocycles. The van der Waals surface area contributed by atoms with Gasteiger partial charge in [-0.2, -0.15) is 4.99 Å². The summed E-state index contributed by atoms with van der Waals surface area (Å²) in [6.45, 7) is 5.28. The third-order valence-electron chi connectivity index (χ3n) is 1.77. The van der Waals surface area contributed by atoms with Crippen LogP contribution in [0.15, 0.2) is 29.3 Å². The van der Waals surface area contributed by atoms with Crippen molar-refractivity contribution < 1.29 is 28.9 Å². The molecule has 0 aromatic heterocycles. The van der Waals surface area contributed by atoms with Crippen molar-refractivity contribution >= 4 is 20.9 Å². The number of hydrogen-bond donors (Lipinski definition) is 3. The van der Waals surface area contributed by atoms with Crippen LogP contribution in [0.4, 0.5) is 4.79 Å². The topological polar surface area (TPSA) is 109 Å². The second-order valence-corrected chi connectivity index (χ2v) is 5.46. The Balaban J connectivity index is 0.000000433. The maximum absolute atomic E-state index is 10.1. The molecule has 1 aromatic carbocycles. The Morgan fingerprint density at radius 1 is 1.33 bits per heavy atom. The Labute approximate surface area is 124 Å². The SMILES string of the molecule is CC(C)(C)OP(O)O.COc1cccc(C=NC(=O)O)c1. The van der Waals surface area contributed by atoms with Crippen LogP contribution in [0.3, 0.4) is 0 Å². The van der Waals surface area contributed by atoms with E-state index < -0.39 is 20.3 Å². The Hall–Kier alpha value is -1.53. The van der Waals surface area contributed by atoms with E-state index in [4.69, 9.17) is 19.6 Å². The summed E-state index contributed by atoms with van der Waals surface area (Å²) in [5.41, 5.74) is 0.247. The van der Waals surface area contributed by atoms with Gasteiger partial charge in [-0.05, 0) is 38.5 Å². The fourth-order valence-corrected chi connectivity index (χ4v) is 1.59. The molecule has 8 heteroatoms. The first kappa shape index (κ1) is 19.5. The lowest BCUT2D eigenvalue weighted by Crippen LogP contribution is -2.15. The first-order chi connectivity index (χ1) is 9.64. The van der Waals surface area contributed by atoms with Crippen LogP contribution in [0.5, 0.6) is 5.75 Å². The molecule has 7 nitrogen and oxygen atoms in total. The lowest BCUT2D eigenvalue weighted by molar-refractivity contribution is 0.109. The second-order valence-electron chi connectivity index (χ2n) is 4.77. The average molecular weight is 317 g/mol. The molecule has 0 saturated heterocycles. The van der Waals surface area contributed by atoms with Crippen molar-refractivity contribution in [2.45, 2.75) is 26.4 Å². The van der Waals surface area contributed by atoms with Gasteiger partial charge in [0.05, 0.1) is 12.7 Å². The minimum Gasteiger partial charge on any atom is -0.497 e. The van der Waals surface area contributed by atoms with Crippen LogP contribution in [-0.2, 0) is 4.52 Å². The lowest BCUT2D eigenvalue weighted by atomic mass is 10.2. The van der Waals surface area contributed by atoms with E-state index in [1.807, 2.05) is 0 Å². The summed E-state index contributed by atoms with van der Waals surface area (Å²) in [6, 6.07) is 6.99. The van der Waals surface area contributed by atoms with E-state index in [-0.39, 0.29) is 0 Å². The van der Waals surface area contributed by atoms with Crippen molar-refractivity contribution in [2.24, 2.45) is 4.99 Å². The van der Waals surface area contributed by atoms with Gasteiger partial charge in [-0.15, -0.1) is 0 Å². The van der Waals surface area contributed by atoms with Crippen molar-refractivity contribution in [1.29, 1.82) is 0 Å². The highest BCUT2D eigenvalue weighted by molar-refractivity contribution is 7.39. The predicted octanol–water partition coefficient (Wildman–Crippen LogP) is 2.81. The monoisotopic (exact) mass is 317 g/mol. The molecule has 0 aliphatic rings. The van der Waals surface area contributed by atoms with Crippen LogP contribution in [0, 0.1) is 0 Å². The maximum Gasteiger partial charge on any atom is 0.431 e. The van der Waals surface area contributed by atoms with E-state index in [9.17, 15) is 4.79 Å². The molecule has 118 valence electrons. The number of carbonyl (C=O) groups is 1. The quantitative estimate of drug-likeness (QED) is 0.584. The highest BCUT2D eigenvalue weighted by atomic mass is 31.2. The number of ether oxygens (including phenoxy) is 1. The molecule has 0 unspecified atom stereocenters. The van der Waals surface area contributed by atoms with E-state index in [2.05, 4.69) is 9.52 Å². The van der Waals surface area contributed by atoms with Gasteiger partial charge in [0.25, 0.3) is 0 Å². The molecule has 0 radical (unpaired) electrons. The molecule has 21 heavy (non-hydrogen) atoms. The number of nitrogens with zero attached hydrogens (tertiary/aromatic N) is 1. The van der Waals surface area contributed by atoms with Crippen LogP contribution in [-0.4, -0.2) is 39.9 Å². The second kappa shape index (κ2) is 9.41. The molecule has 1 amide bonds. The summed E-state index contributed by atoms with van der Waals surface area (Å²) < 4.78 is 9.57.